The highest BCUT2D eigenvalue weighted by molar-refractivity contribution is 6.48. The van der Waals surface area contributed by atoms with Gasteiger partial charge in [0, 0.05) is 18.2 Å². The number of nitrogens with zero attached hydrogens (tertiary/aromatic N) is 3. The Hall–Kier alpha value is -4.25. The van der Waals surface area contributed by atoms with E-state index in [0.29, 0.717) is 18.0 Å². The number of amidine groups is 1. The van der Waals surface area contributed by atoms with Crippen LogP contribution in [0, 0.1) is 6.92 Å². The number of aliphatic imine (C=N–C) groups is 2. The monoisotopic (exact) mass is 433 g/mol. The number of ether oxygens (including phenoxy) is 1. The molecule has 5 heteroatoms. The van der Waals surface area contributed by atoms with Gasteiger partial charge in [0.05, 0.1) is 18.5 Å². The van der Waals surface area contributed by atoms with E-state index in [1.807, 2.05) is 67.6 Å². The number of carbonyl (C=O) groups is 1. The second-order valence-corrected chi connectivity index (χ2v) is 8.02. The van der Waals surface area contributed by atoms with E-state index in [9.17, 15) is 4.79 Å². The van der Waals surface area contributed by atoms with Crippen LogP contribution in [0.3, 0.4) is 0 Å². The Labute approximate surface area is 193 Å². The fraction of sp³-hybridized carbons (Fsp3) is 0.107. The summed E-state index contributed by atoms with van der Waals surface area (Å²) in [6.07, 6.45) is 4.18. The number of benzene rings is 3. The summed E-state index contributed by atoms with van der Waals surface area (Å²) in [5, 5.41) is 0. The molecule has 0 N–H and O–H groups in total. The van der Waals surface area contributed by atoms with Gasteiger partial charge in [0.1, 0.15) is 11.4 Å². The summed E-state index contributed by atoms with van der Waals surface area (Å²) in [6, 6.07) is 25.8. The first-order valence-corrected chi connectivity index (χ1v) is 10.8. The third kappa shape index (κ3) is 4.26. The molecule has 0 fully saturated rings. The van der Waals surface area contributed by atoms with Crippen LogP contribution in [0.15, 0.2) is 101 Å². The molecular formula is C28H23N3O2. The molecule has 5 nitrogen and oxygen atoms in total. The van der Waals surface area contributed by atoms with E-state index in [1.165, 1.54) is 0 Å². The molecule has 0 unspecified atom stereocenters. The van der Waals surface area contributed by atoms with Crippen molar-refractivity contribution < 1.29 is 9.53 Å². The van der Waals surface area contributed by atoms with Crippen molar-refractivity contribution in [1.29, 1.82) is 0 Å². The molecule has 0 radical (unpaired) electrons. The van der Waals surface area contributed by atoms with E-state index in [2.05, 4.69) is 18.2 Å². The van der Waals surface area contributed by atoms with Crippen LogP contribution >= 0.6 is 0 Å². The van der Waals surface area contributed by atoms with Crippen molar-refractivity contribution >= 4 is 29.2 Å². The van der Waals surface area contributed by atoms with Crippen molar-refractivity contribution in [3.63, 3.8) is 0 Å². The van der Waals surface area contributed by atoms with Gasteiger partial charge in [0.25, 0.3) is 5.91 Å². The predicted octanol–water partition coefficient (Wildman–Crippen LogP) is 5.28. The van der Waals surface area contributed by atoms with Gasteiger partial charge in [-0.15, -0.1) is 0 Å². The van der Waals surface area contributed by atoms with Gasteiger partial charge in [-0.3, -0.25) is 9.69 Å². The van der Waals surface area contributed by atoms with E-state index < -0.39 is 0 Å². The van der Waals surface area contributed by atoms with E-state index in [4.69, 9.17) is 14.7 Å². The maximum absolute atomic E-state index is 13.3. The normalized spacial score (nSPS) is 16.3. The summed E-state index contributed by atoms with van der Waals surface area (Å²) in [5.74, 6) is 1.19. The summed E-state index contributed by atoms with van der Waals surface area (Å²) >= 11 is 0. The van der Waals surface area contributed by atoms with Crippen molar-refractivity contribution in [2.24, 2.45) is 9.98 Å². The Morgan fingerprint density at radius 1 is 0.939 bits per heavy atom. The molecule has 33 heavy (non-hydrogen) atoms. The number of methoxy groups -OCH3 is 1. The van der Waals surface area contributed by atoms with Crippen LogP contribution in [-0.4, -0.2) is 29.5 Å². The van der Waals surface area contributed by atoms with Crippen LogP contribution in [0.4, 0.5) is 0 Å². The van der Waals surface area contributed by atoms with Crippen molar-refractivity contribution in [3.05, 3.63) is 113 Å². The first kappa shape index (κ1) is 20.6. The first-order valence-electron chi connectivity index (χ1n) is 10.8. The van der Waals surface area contributed by atoms with Gasteiger partial charge in [0.15, 0.2) is 5.84 Å². The largest absolute Gasteiger partial charge is 0.497 e. The van der Waals surface area contributed by atoms with Gasteiger partial charge >= 0.3 is 0 Å². The lowest BCUT2D eigenvalue weighted by atomic mass is 10.0. The van der Waals surface area contributed by atoms with Crippen molar-refractivity contribution in [2.75, 3.05) is 7.11 Å². The lowest BCUT2D eigenvalue weighted by Gasteiger charge is -2.22. The number of fused-ring (bicyclic) bond motifs is 1. The van der Waals surface area contributed by atoms with Gasteiger partial charge in [0.2, 0.25) is 0 Å². The summed E-state index contributed by atoms with van der Waals surface area (Å²) in [5.41, 5.74) is 6.02. The van der Waals surface area contributed by atoms with Crippen molar-refractivity contribution in [1.82, 2.24) is 4.90 Å². The number of hydrogen-bond donors (Lipinski definition) is 0. The minimum absolute atomic E-state index is 0.161. The molecule has 162 valence electrons. The minimum atomic E-state index is -0.161. The third-order valence-corrected chi connectivity index (χ3v) is 5.60. The zero-order chi connectivity index (χ0) is 22.8. The fourth-order valence-electron chi connectivity index (χ4n) is 3.91. The highest BCUT2D eigenvalue weighted by Crippen LogP contribution is 2.29. The molecular weight excluding hydrogens is 410 g/mol. The first-order chi connectivity index (χ1) is 16.1. The van der Waals surface area contributed by atoms with Crippen LogP contribution in [0.2, 0.25) is 0 Å². The maximum Gasteiger partial charge on any atom is 0.282 e. The molecule has 0 aromatic heterocycles. The molecule has 0 spiro atoms. The molecule has 0 saturated carbocycles. The van der Waals surface area contributed by atoms with Crippen LogP contribution in [0.1, 0.15) is 22.3 Å². The number of hydrogen-bond acceptors (Lipinski definition) is 4. The molecule has 0 saturated heterocycles. The number of rotatable bonds is 5. The SMILES string of the molecule is COc1ccc(/C=C2\N=C3C(Cc4ccccc4)=NC(c4cccc(C)c4)=CN3C2=O)cc1. The van der Waals surface area contributed by atoms with E-state index in [1.54, 1.807) is 24.3 Å². The standard InChI is InChI=1S/C28H23N3O2/c1-19-7-6-10-22(15-19)26-18-31-27(24(29-26)16-20-8-4-3-5-9-20)30-25(28(31)32)17-21-11-13-23(33-2)14-12-21/h3-15,17-18H,16H2,1-2H3/b25-17-. The highest BCUT2D eigenvalue weighted by Gasteiger charge is 2.35. The molecule has 2 aliphatic heterocycles. The van der Waals surface area contributed by atoms with Gasteiger partial charge in [-0.1, -0.05) is 66.2 Å². The summed E-state index contributed by atoms with van der Waals surface area (Å²) in [7, 11) is 1.63. The zero-order valence-electron chi connectivity index (χ0n) is 18.5. The van der Waals surface area contributed by atoms with Crippen LogP contribution in [0.5, 0.6) is 5.75 Å². The van der Waals surface area contributed by atoms with Gasteiger partial charge < -0.3 is 4.74 Å². The lowest BCUT2D eigenvalue weighted by molar-refractivity contribution is -0.120. The van der Waals surface area contributed by atoms with E-state index in [0.717, 1.165) is 39.4 Å². The van der Waals surface area contributed by atoms with Gasteiger partial charge in [-0.2, -0.15) is 0 Å². The number of carbonyl (C=O) groups excluding carboxylic acids is 1. The summed E-state index contributed by atoms with van der Waals surface area (Å²) in [6.45, 7) is 2.05. The second kappa shape index (κ2) is 8.71. The molecule has 3 aromatic carbocycles. The average molecular weight is 434 g/mol. The molecule has 1 amide bonds. The molecule has 0 atom stereocenters. The van der Waals surface area contributed by atoms with Crippen LogP contribution in [-0.2, 0) is 11.2 Å². The summed E-state index contributed by atoms with van der Waals surface area (Å²) < 4.78 is 5.22. The Kier molecular flexibility index (Phi) is 5.45. The Bertz CT molecular complexity index is 1330. The quantitative estimate of drug-likeness (QED) is 0.514. The van der Waals surface area contributed by atoms with Crippen LogP contribution < -0.4 is 4.74 Å². The van der Waals surface area contributed by atoms with Crippen LogP contribution in [0.25, 0.3) is 11.8 Å². The lowest BCUT2D eigenvalue weighted by Crippen LogP contribution is -2.36. The van der Waals surface area contributed by atoms with E-state index in [-0.39, 0.29) is 5.91 Å². The predicted molar refractivity (Wildman–Crippen MR) is 132 cm³/mol. The van der Waals surface area contributed by atoms with Gasteiger partial charge in [-0.25, -0.2) is 9.98 Å². The molecule has 0 aliphatic carbocycles. The molecule has 0 bridgehead atoms. The van der Waals surface area contributed by atoms with Crippen molar-refractivity contribution in [2.45, 2.75) is 13.3 Å². The minimum Gasteiger partial charge on any atom is -0.497 e. The molecule has 2 heterocycles. The number of amides is 1. The Balaban J connectivity index is 1.56. The molecule has 3 aromatic rings. The average Bonchev–Trinajstić information content (AvgIpc) is 3.16. The summed E-state index contributed by atoms with van der Waals surface area (Å²) in [4.78, 5) is 24.6. The zero-order valence-corrected chi connectivity index (χ0v) is 18.5. The van der Waals surface area contributed by atoms with Gasteiger partial charge in [-0.05, 0) is 42.3 Å². The smallest absolute Gasteiger partial charge is 0.282 e. The third-order valence-electron chi connectivity index (χ3n) is 5.60. The van der Waals surface area contributed by atoms with E-state index >= 15 is 0 Å². The Morgan fingerprint density at radius 2 is 1.73 bits per heavy atom. The fourth-order valence-corrected chi connectivity index (χ4v) is 3.91. The second-order valence-electron chi connectivity index (χ2n) is 8.02. The maximum atomic E-state index is 13.3. The number of aryl methyl sites for hydroxylation is 1. The Morgan fingerprint density at radius 3 is 2.45 bits per heavy atom. The molecule has 5 rings (SSSR count). The topological polar surface area (TPSA) is 54.3 Å². The molecule has 2 aliphatic rings. The van der Waals surface area contributed by atoms with Crippen molar-refractivity contribution in [3.8, 4) is 5.75 Å². The highest BCUT2D eigenvalue weighted by atomic mass is 16.5.